The molecule has 1 aliphatic carbocycles. The summed E-state index contributed by atoms with van der Waals surface area (Å²) in [4.78, 5) is 23.9. The summed E-state index contributed by atoms with van der Waals surface area (Å²) in [6.07, 6.45) is 10.8. The molecule has 1 amide bonds. The van der Waals surface area contributed by atoms with Crippen molar-refractivity contribution in [3.8, 4) is 0 Å². The lowest BCUT2D eigenvalue weighted by molar-refractivity contribution is -0.122. The van der Waals surface area contributed by atoms with Crippen molar-refractivity contribution >= 4 is 60.9 Å². The maximum absolute atomic E-state index is 13.1. The Balaban J connectivity index is 0.00000210. The molecule has 0 unspecified atom stereocenters. The molecule has 0 bridgehead atoms. The molecule has 27 heavy (non-hydrogen) atoms. The third-order valence-electron chi connectivity index (χ3n) is 4.90. The summed E-state index contributed by atoms with van der Waals surface area (Å²) in [5.41, 5.74) is 0.951. The molecule has 0 atom stereocenters. The summed E-state index contributed by atoms with van der Waals surface area (Å²) in [6.45, 7) is 1.54. The number of amides is 1. The Kier molecular flexibility index (Phi) is 6.89. The average molecular weight is 470 g/mol. The SMILES string of the molecule is Cl.O=C(C1CCCC1)N(CCCn1ccnc1)c1nc2ccc(Br)cc2s1. The molecule has 1 aromatic carbocycles. The van der Waals surface area contributed by atoms with E-state index in [2.05, 4.69) is 27.0 Å². The third-order valence-corrected chi connectivity index (χ3v) is 6.43. The lowest BCUT2D eigenvalue weighted by Crippen LogP contribution is -2.36. The van der Waals surface area contributed by atoms with Gasteiger partial charge >= 0.3 is 0 Å². The zero-order valence-corrected chi connectivity index (χ0v) is 18.1. The molecule has 0 saturated heterocycles. The molecule has 8 heteroatoms. The van der Waals surface area contributed by atoms with Crippen LogP contribution in [0.3, 0.4) is 0 Å². The van der Waals surface area contributed by atoms with Crippen molar-refractivity contribution in [2.75, 3.05) is 11.4 Å². The molecule has 1 saturated carbocycles. The summed E-state index contributed by atoms with van der Waals surface area (Å²) in [6, 6.07) is 6.07. The maximum Gasteiger partial charge on any atom is 0.231 e. The minimum Gasteiger partial charge on any atom is -0.337 e. The van der Waals surface area contributed by atoms with Gasteiger partial charge in [0.05, 0.1) is 16.5 Å². The molecule has 0 radical (unpaired) electrons. The lowest BCUT2D eigenvalue weighted by Gasteiger charge is -2.23. The standard InChI is InChI=1S/C19H21BrN4OS.ClH/c20-15-6-7-16-17(12-15)26-19(22-16)24(18(25)14-4-1-2-5-14)10-3-9-23-11-8-21-13-23;/h6-8,11-14H,1-5,9-10H2;1H. The first-order chi connectivity index (χ1) is 12.7. The van der Waals surface area contributed by atoms with Gasteiger partial charge in [-0.05, 0) is 37.5 Å². The van der Waals surface area contributed by atoms with Crippen molar-refractivity contribution in [2.45, 2.75) is 38.6 Å². The molecule has 4 rings (SSSR count). The van der Waals surface area contributed by atoms with Crippen LogP contribution < -0.4 is 4.90 Å². The first-order valence-corrected chi connectivity index (χ1v) is 10.6. The fourth-order valence-corrected chi connectivity index (χ4v) is 5.07. The van der Waals surface area contributed by atoms with Crippen molar-refractivity contribution in [1.82, 2.24) is 14.5 Å². The van der Waals surface area contributed by atoms with Gasteiger partial charge in [0.15, 0.2) is 5.13 Å². The highest BCUT2D eigenvalue weighted by Gasteiger charge is 2.29. The van der Waals surface area contributed by atoms with E-state index in [1.165, 1.54) is 0 Å². The summed E-state index contributed by atoms with van der Waals surface area (Å²) in [5, 5.41) is 0.820. The number of halogens is 2. The Bertz CT molecular complexity index is 892. The molecule has 2 heterocycles. The zero-order chi connectivity index (χ0) is 17.9. The van der Waals surface area contributed by atoms with Gasteiger partial charge in [-0.2, -0.15) is 0 Å². The summed E-state index contributed by atoms with van der Waals surface area (Å²) in [5.74, 6) is 0.397. The second kappa shape index (κ2) is 9.17. The number of imidazole rings is 1. The van der Waals surface area contributed by atoms with Crippen molar-refractivity contribution < 1.29 is 4.79 Å². The van der Waals surface area contributed by atoms with E-state index in [-0.39, 0.29) is 24.2 Å². The molecule has 0 N–H and O–H groups in total. The molecule has 2 aromatic heterocycles. The fraction of sp³-hybridized carbons (Fsp3) is 0.421. The van der Waals surface area contributed by atoms with E-state index < -0.39 is 0 Å². The van der Waals surface area contributed by atoms with Crippen LogP contribution in [0.15, 0.2) is 41.4 Å². The monoisotopic (exact) mass is 468 g/mol. The number of hydrogen-bond donors (Lipinski definition) is 0. The Hall–Kier alpha value is -1.44. The van der Waals surface area contributed by atoms with Gasteiger partial charge in [0.25, 0.3) is 0 Å². The lowest BCUT2D eigenvalue weighted by atomic mass is 10.1. The maximum atomic E-state index is 13.1. The highest BCUT2D eigenvalue weighted by atomic mass is 79.9. The number of anilines is 1. The number of nitrogens with zero attached hydrogens (tertiary/aromatic N) is 4. The van der Waals surface area contributed by atoms with Gasteiger partial charge in [0, 0.05) is 35.9 Å². The number of aryl methyl sites for hydroxylation is 1. The van der Waals surface area contributed by atoms with Gasteiger partial charge in [-0.25, -0.2) is 9.97 Å². The Morgan fingerprint density at radius 2 is 2.15 bits per heavy atom. The first kappa shape index (κ1) is 20.3. The second-order valence-electron chi connectivity index (χ2n) is 6.73. The van der Waals surface area contributed by atoms with Crippen LogP contribution in [0.4, 0.5) is 5.13 Å². The van der Waals surface area contributed by atoms with E-state index in [4.69, 9.17) is 4.98 Å². The van der Waals surface area contributed by atoms with E-state index in [1.54, 1.807) is 17.5 Å². The van der Waals surface area contributed by atoms with E-state index in [0.29, 0.717) is 6.54 Å². The predicted molar refractivity (Wildman–Crippen MR) is 116 cm³/mol. The van der Waals surface area contributed by atoms with Crippen LogP contribution in [0, 0.1) is 5.92 Å². The Morgan fingerprint density at radius 3 is 2.89 bits per heavy atom. The minimum atomic E-state index is 0. The number of rotatable bonds is 6. The smallest absolute Gasteiger partial charge is 0.231 e. The van der Waals surface area contributed by atoms with Crippen molar-refractivity contribution in [2.24, 2.45) is 5.92 Å². The molecule has 3 aromatic rings. The number of hydrogen-bond acceptors (Lipinski definition) is 4. The van der Waals surface area contributed by atoms with E-state index in [0.717, 1.165) is 58.5 Å². The molecule has 5 nitrogen and oxygen atoms in total. The highest BCUT2D eigenvalue weighted by molar-refractivity contribution is 9.10. The first-order valence-electron chi connectivity index (χ1n) is 9.04. The number of carbonyl (C=O) groups excluding carboxylic acids is 1. The molecule has 1 aliphatic rings. The van der Waals surface area contributed by atoms with Crippen molar-refractivity contribution in [1.29, 1.82) is 0 Å². The van der Waals surface area contributed by atoms with Gasteiger partial charge in [-0.15, -0.1) is 12.4 Å². The normalized spacial score (nSPS) is 14.4. The van der Waals surface area contributed by atoms with E-state index in [1.807, 2.05) is 34.1 Å². The van der Waals surface area contributed by atoms with E-state index >= 15 is 0 Å². The largest absolute Gasteiger partial charge is 0.337 e. The molecule has 0 aliphatic heterocycles. The van der Waals surface area contributed by atoms with Crippen LogP contribution in [-0.4, -0.2) is 27.0 Å². The third kappa shape index (κ3) is 4.70. The highest BCUT2D eigenvalue weighted by Crippen LogP contribution is 2.34. The van der Waals surface area contributed by atoms with Crippen LogP contribution in [0.2, 0.25) is 0 Å². The predicted octanol–water partition coefficient (Wildman–Crippen LogP) is 5.29. The van der Waals surface area contributed by atoms with Gasteiger partial charge in [-0.1, -0.05) is 40.1 Å². The average Bonchev–Trinajstić information content (AvgIpc) is 3.38. The second-order valence-corrected chi connectivity index (χ2v) is 8.66. The topological polar surface area (TPSA) is 51.0 Å². The van der Waals surface area contributed by atoms with Crippen LogP contribution >= 0.6 is 39.7 Å². The zero-order valence-electron chi connectivity index (χ0n) is 14.9. The van der Waals surface area contributed by atoms with Gasteiger partial charge in [0.2, 0.25) is 5.91 Å². The molecule has 1 fully saturated rings. The fourth-order valence-electron chi connectivity index (χ4n) is 3.53. The van der Waals surface area contributed by atoms with Gasteiger partial charge in [0.1, 0.15) is 0 Å². The van der Waals surface area contributed by atoms with Gasteiger partial charge < -0.3 is 4.57 Å². The Labute approximate surface area is 177 Å². The minimum absolute atomic E-state index is 0. The summed E-state index contributed by atoms with van der Waals surface area (Å²) in [7, 11) is 0. The van der Waals surface area contributed by atoms with Crippen molar-refractivity contribution in [3.63, 3.8) is 0 Å². The number of carbonyl (C=O) groups is 1. The van der Waals surface area contributed by atoms with Crippen LogP contribution in [0.5, 0.6) is 0 Å². The molecule has 144 valence electrons. The molecular weight excluding hydrogens is 448 g/mol. The number of benzene rings is 1. The molecule has 0 spiro atoms. The molecular formula is C19H22BrClN4OS. The number of aromatic nitrogens is 3. The van der Waals surface area contributed by atoms with Crippen LogP contribution in [-0.2, 0) is 11.3 Å². The van der Waals surface area contributed by atoms with Crippen LogP contribution in [0.25, 0.3) is 10.2 Å². The number of fused-ring (bicyclic) bond motifs is 1. The van der Waals surface area contributed by atoms with E-state index in [9.17, 15) is 4.79 Å². The van der Waals surface area contributed by atoms with Gasteiger partial charge in [-0.3, -0.25) is 9.69 Å². The quantitative estimate of drug-likeness (QED) is 0.493. The number of thiazole rings is 1. The summed E-state index contributed by atoms with van der Waals surface area (Å²) < 4.78 is 4.19. The van der Waals surface area contributed by atoms with Crippen LogP contribution in [0.1, 0.15) is 32.1 Å². The Morgan fingerprint density at radius 1 is 1.33 bits per heavy atom. The van der Waals surface area contributed by atoms with Crippen molar-refractivity contribution in [3.05, 3.63) is 41.4 Å². The summed E-state index contributed by atoms with van der Waals surface area (Å²) >= 11 is 5.11.